The number of aromatic nitrogens is 3. The van der Waals surface area contributed by atoms with E-state index in [9.17, 15) is 9.59 Å². The summed E-state index contributed by atoms with van der Waals surface area (Å²) in [4.78, 5) is 27.2. The van der Waals surface area contributed by atoms with Gasteiger partial charge in [0.2, 0.25) is 5.91 Å². The van der Waals surface area contributed by atoms with E-state index in [1.165, 1.54) is 12.6 Å². The summed E-state index contributed by atoms with van der Waals surface area (Å²) in [6, 6.07) is 0.0661. The van der Waals surface area contributed by atoms with E-state index in [-0.39, 0.29) is 28.7 Å². The molecule has 1 aliphatic heterocycles. The minimum absolute atomic E-state index is 0.0597. The Labute approximate surface area is 140 Å². The van der Waals surface area contributed by atoms with Crippen molar-refractivity contribution in [1.82, 2.24) is 25.6 Å². The van der Waals surface area contributed by atoms with Gasteiger partial charge in [-0.3, -0.25) is 9.59 Å². The Morgan fingerprint density at radius 1 is 1.25 bits per heavy atom. The molecular weight excluding hydrogens is 306 g/mol. The minimum atomic E-state index is -0.0838. The second-order valence-corrected chi connectivity index (χ2v) is 8.53. The van der Waals surface area contributed by atoms with Gasteiger partial charge in [0.1, 0.15) is 0 Å². The lowest BCUT2D eigenvalue weighted by atomic mass is 9.44. The van der Waals surface area contributed by atoms with Crippen molar-refractivity contribution in [2.24, 2.45) is 16.7 Å². The maximum absolute atomic E-state index is 12.7. The number of nitrogens with zero attached hydrogens (tertiary/aromatic N) is 3. The van der Waals surface area contributed by atoms with Crippen LogP contribution in [0.15, 0.2) is 6.20 Å². The van der Waals surface area contributed by atoms with Gasteiger partial charge in [-0.25, -0.2) is 0 Å². The number of carbonyl (C=O) groups excluding carboxylic acids is 2. The van der Waals surface area contributed by atoms with Crippen molar-refractivity contribution in [2.75, 3.05) is 13.1 Å². The smallest absolute Gasteiger partial charge is 0.276 e. The molecule has 0 radical (unpaired) electrons. The molecule has 24 heavy (non-hydrogen) atoms. The van der Waals surface area contributed by atoms with E-state index in [0.717, 1.165) is 51.0 Å². The molecule has 128 valence electrons. The number of rotatable bonds is 3. The lowest BCUT2D eigenvalue weighted by Crippen LogP contribution is -2.65. The third-order valence-electron chi connectivity index (χ3n) is 6.84. The van der Waals surface area contributed by atoms with Crippen LogP contribution in [0.1, 0.15) is 55.4 Å². The molecule has 2 N–H and O–H groups in total. The van der Waals surface area contributed by atoms with E-state index >= 15 is 0 Å². The Morgan fingerprint density at radius 2 is 2.04 bits per heavy atom. The molecule has 5 aliphatic rings. The number of piperidine rings is 1. The quantitative estimate of drug-likeness (QED) is 0.869. The maximum Gasteiger partial charge on any atom is 0.276 e. The monoisotopic (exact) mass is 329 g/mol. The van der Waals surface area contributed by atoms with Crippen LogP contribution in [0.5, 0.6) is 0 Å². The number of amides is 2. The van der Waals surface area contributed by atoms with Gasteiger partial charge in [0.05, 0.1) is 6.20 Å². The predicted octanol–water partition coefficient (Wildman–Crippen LogP) is 1.11. The van der Waals surface area contributed by atoms with Crippen LogP contribution >= 0.6 is 0 Å². The summed E-state index contributed by atoms with van der Waals surface area (Å²) in [5.41, 5.74) is 0.487. The number of hydrogen-bond acceptors (Lipinski definition) is 4. The first kappa shape index (κ1) is 14.4. The number of nitrogens with one attached hydrogen (secondary N) is 2. The Balaban J connectivity index is 1.31. The normalized spacial score (nSPS) is 35.6. The third-order valence-corrected chi connectivity index (χ3v) is 6.84. The second kappa shape index (κ2) is 4.80. The number of carbonyl (C=O) groups is 2. The van der Waals surface area contributed by atoms with Gasteiger partial charge in [-0.15, -0.1) is 0 Å². The van der Waals surface area contributed by atoms with E-state index < -0.39 is 0 Å². The van der Waals surface area contributed by atoms with Gasteiger partial charge in [0, 0.05) is 24.5 Å². The largest absolute Gasteiger partial charge is 0.351 e. The lowest BCUT2D eigenvalue weighted by molar-refractivity contribution is -0.166. The van der Waals surface area contributed by atoms with Gasteiger partial charge < -0.3 is 10.2 Å². The lowest BCUT2D eigenvalue weighted by Gasteiger charge is -2.60. The first-order valence-electron chi connectivity index (χ1n) is 9.04. The van der Waals surface area contributed by atoms with Gasteiger partial charge in [0.15, 0.2) is 5.69 Å². The van der Waals surface area contributed by atoms with Crippen molar-refractivity contribution in [3.05, 3.63) is 11.9 Å². The highest BCUT2D eigenvalue weighted by molar-refractivity contribution is 5.92. The average molecular weight is 329 g/mol. The van der Waals surface area contributed by atoms with Crippen molar-refractivity contribution < 1.29 is 9.59 Å². The number of aromatic amines is 1. The van der Waals surface area contributed by atoms with E-state index in [2.05, 4.69) is 20.7 Å². The first-order chi connectivity index (χ1) is 11.6. The van der Waals surface area contributed by atoms with Crippen LogP contribution in [0, 0.1) is 16.7 Å². The molecule has 2 amide bonds. The van der Waals surface area contributed by atoms with Crippen LogP contribution in [0.2, 0.25) is 0 Å². The minimum Gasteiger partial charge on any atom is -0.351 e. The van der Waals surface area contributed by atoms with Gasteiger partial charge in [-0.1, -0.05) is 6.42 Å². The molecule has 7 nitrogen and oxygen atoms in total. The molecule has 1 atom stereocenters. The van der Waals surface area contributed by atoms with Gasteiger partial charge in [0.25, 0.3) is 5.91 Å². The standard InChI is InChI=1S/C17H23N5O2/c23-14(13-8-18-21-20-13)22-9-12(7-16(10-22)2-1-3-16)19-15(24)17-4-11(5-17)6-17/h8,11-12H,1-7,9-10H2,(H,19,24)(H,18,20,21). The van der Waals surface area contributed by atoms with Crippen molar-refractivity contribution in [3.63, 3.8) is 0 Å². The summed E-state index contributed by atoms with van der Waals surface area (Å²) in [5.74, 6) is 0.935. The zero-order valence-corrected chi connectivity index (χ0v) is 13.8. The second-order valence-electron chi connectivity index (χ2n) is 8.53. The fraction of sp³-hybridized carbons (Fsp3) is 0.765. The molecule has 4 aliphatic carbocycles. The summed E-state index contributed by atoms with van der Waals surface area (Å²) in [7, 11) is 0. The summed E-state index contributed by atoms with van der Waals surface area (Å²) in [6.45, 7) is 1.36. The van der Waals surface area contributed by atoms with Crippen LogP contribution in [-0.2, 0) is 4.79 Å². The highest BCUT2D eigenvalue weighted by Crippen LogP contribution is 2.64. The maximum atomic E-state index is 12.7. The van der Waals surface area contributed by atoms with Crippen molar-refractivity contribution in [1.29, 1.82) is 0 Å². The summed E-state index contributed by atoms with van der Waals surface area (Å²) < 4.78 is 0. The predicted molar refractivity (Wildman–Crippen MR) is 84.9 cm³/mol. The van der Waals surface area contributed by atoms with Crippen molar-refractivity contribution in [2.45, 2.75) is 51.0 Å². The third kappa shape index (κ3) is 2.03. The first-order valence-corrected chi connectivity index (χ1v) is 9.04. The van der Waals surface area contributed by atoms with Crippen LogP contribution in [0.4, 0.5) is 0 Å². The number of hydrogen-bond donors (Lipinski definition) is 2. The molecule has 1 aromatic heterocycles. The molecule has 1 unspecified atom stereocenters. The fourth-order valence-corrected chi connectivity index (χ4v) is 5.24. The molecule has 7 heteroatoms. The van der Waals surface area contributed by atoms with Crippen molar-refractivity contribution >= 4 is 11.8 Å². The van der Waals surface area contributed by atoms with Crippen LogP contribution in [0.25, 0.3) is 0 Å². The van der Waals surface area contributed by atoms with Crippen LogP contribution < -0.4 is 5.32 Å². The highest BCUT2D eigenvalue weighted by atomic mass is 16.2. The Morgan fingerprint density at radius 3 is 2.58 bits per heavy atom. The fourth-order valence-electron chi connectivity index (χ4n) is 5.24. The molecule has 2 heterocycles. The van der Waals surface area contributed by atoms with Gasteiger partial charge >= 0.3 is 0 Å². The molecule has 0 aromatic carbocycles. The molecule has 1 spiro atoms. The van der Waals surface area contributed by atoms with Crippen LogP contribution in [0.3, 0.4) is 0 Å². The van der Waals surface area contributed by atoms with E-state index in [1.807, 2.05) is 4.90 Å². The van der Waals surface area contributed by atoms with Crippen LogP contribution in [-0.4, -0.2) is 51.3 Å². The van der Waals surface area contributed by atoms with Gasteiger partial charge in [-0.05, 0) is 49.9 Å². The van der Waals surface area contributed by atoms with Crippen molar-refractivity contribution in [3.8, 4) is 0 Å². The SMILES string of the molecule is O=C(c1cn[nH]n1)N1CC(NC(=O)C23CC(C2)C3)CC2(CCC2)C1. The van der Waals surface area contributed by atoms with Gasteiger partial charge in [-0.2, -0.15) is 15.4 Å². The Kier molecular flexibility index (Phi) is 2.89. The van der Waals surface area contributed by atoms with E-state index in [0.29, 0.717) is 12.2 Å². The van der Waals surface area contributed by atoms with E-state index in [1.54, 1.807) is 0 Å². The zero-order valence-electron chi connectivity index (χ0n) is 13.8. The molecule has 4 saturated carbocycles. The molecule has 5 fully saturated rings. The Hall–Kier alpha value is -1.92. The van der Waals surface area contributed by atoms with E-state index in [4.69, 9.17) is 0 Å². The molecule has 1 saturated heterocycles. The highest BCUT2D eigenvalue weighted by Gasteiger charge is 2.61. The summed E-state index contributed by atoms with van der Waals surface area (Å²) in [6.07, 6.45) is 9.19. The summed E-state index contributed by atoms with van der Waals surface area (Å²) >= 11 is 0. The number of H-pyrrole nitrogens is 1. The Bertz CT molecular complexity index is 664. The molecule has 1 aromatic rings. The molecule has 6 rings (SSSR count). The summed E-state index contributed by atoms with van der Waals surface area (Å²) in [5, 5.41) is 13.4. The average Bonchev–Trinajstić information content (AvgIpc) is 2.95. The zero-order chi connectivity index (χ0) is 16.4. The molecule has 2 bridgehead atoms. The number of likely N-dealkylation sites (tertiary alicyclic amines) is 1. The topological polar surface area (TPSA) is 91.0 Å². The molecular formula is C17H23N5O2.